The van der Waals surface area contributed by atoms with Crippen LogP contribution in [0.1, 0.15) is 54.5 Å². The number of nitrogens with one attached hydrogen (secondary N) is 2. The molecule has 1 unspecified atom stereocenters. The van der Waals surface area contributed by atoms with Gasteiger partial charge in [0.15, 0.2) is 5.60 Å². The van der Waals surface area contributed by atoms with E-state index in [0.29, 0.717) is 40.6 Å². The average Bonchev–Trinajstić information content (AvgIpc) is 3.83. The zero-order valence-corrected chi connectivity index (χ0v) is 27.0. The molecule has 1 aromatic heterocycles. The molecule has 3 aromatic carbocycles. The Bertz CT molecular complexity index is 1760. The van der Waals surface area contributed by atoms with Crippen LogP contribution in [0.25, 0.3) is 0 Å². The molecule has 4 N–H and O–H groups in total. The minimum Gasteiger partial charge on any atom is -0.395 e. The van der Waals surface area contributed by atoms with Crippen LogP contribution in [-0.4, -0.2) is 56.2 Å². The molecular weight excluding hydrogens is 616 g/mol. The molecule has 2 amide bonds. The van der Waals surface area contributed by atoms with Crippen LogP contribution < -0.4 is 15.5 Å². The van der Waals surface area contributed by atoms with Crippen LogP contribution >= 0.6 is 11.6 Å². The number of carbonyl (C=O) groups excluding carboxylic acids is 2. The van der Waals surface area contributed by atoms with Crippen molar-refractivity contribution in [1.82, 2.24) is 20.3 Å². The van der Waals surface area contributed by atoms with Crippen molar-refractivity contribution in [3.8, 4) is 0 Å². The van der Waals surface area contributed by atoms with Crippen molar-refractivity contribution < 1.29 is 19.8 Å². The first-order valence-electron chi connectivity index (χ1n) is 16.0. The number of hydrogen-bond acceptors (Lipinski definition) is 7. The molecule has 10 nitrogen and oxygen atoms in total. The maximum Gasteiger partial charge on any atom is 0.264 e. The Labute approximate surface area is 279 Å². The van der Waals surface area contributed by atoms with Crippen LogP contribution in [-0.2, 0) is 28.3 Å². The Hall–Kier alpha value is -4.35. The number of nitrogens with zero attached hydrogens (tertiary/aromatic N) is 4. The number of hydrogen-bond donors (Lipinski definition) is 4. The minimum atomic E-state index is -1.82. The van der Waals surface area contributed by atoms with Gasteiger partial charge in [0.25, 0.3) is 5.91 Å². The molecule has 47 heavy (non-hydrogen) atoms. The molecule has 244 valence electrons. The van der Waals surface area contributed by atoms with Crippen LogP contribution in [0, 0.1) is 5.92 Å². The smallest absolute Gasteiger partial charge is 0.264 e. The number of amides is 2. The van der Waals surface area contributed by atoms with E-state index < -0.39 is 17.4 Å². The summed E-state index contributed by atoms with van der Waals surface area (Å²) in [6.45, 7) is 3.32. The molecule has 0 spiro atoms. The van der Waals surface area contributed by atoms with E-state index in [1.165, 1.54) is 0 Å². The Balaban J connectivity index is 1.13. The van der Waals surface area contributed by atoms with Crippen molar-refractivity contribution in [3.63, 3.8) is 0 Å². The van der Waals surface area contributed by atoms with E-state index in [9.17, 15) is 19.8 Å². The lowest BCUT2D eigenvalue weighted by atomic mass is 9.83. The summed E-state index contributed by atoms with van der Waals surface area (Å²) in [5.41, 5.74) is 2.36. The normalized spacial score (nSPS) is 20.5. The largest absolute Gasteiger partial charge is 0.395 e. The predicted molar refractivity (Wildman–Crippen MR) is 181 cm³/mol. The van der Waals surface area contributed by atoms with Crippen molar-refractivity contribution in [2.45, 2.75) is 56.8 Å². The first-order chi connectivity index (χ1) is 22.8. The van der Waals surface area contributed by atoms with E-state index in [1.54, 1.807) is 27.8 Å². The number of aromatic nitrogens is 3. The van der Waals surface area contributed by atoms with Gasteiger partial charge in [0.1, 0.15) is 0 Å². The summed E-state index contributed by atoms with van der Waals surface area (Å²) in [5, 5.41) is 37.1. The van der Waals surface area contributed by atoms with Gasteiger partial charge < -0.3 is 25.7 Å². The maximum absolute atomic E-state index is 14.0. The number of allylic oxidation sites excluding steroid dienone is 1. The SMILES string of the molecule is C[C@H](/C=C/CCn1cc(C(CO)c2ccccc2)nn1)[C@@]1(O)C(=O)N(Cc2cccc(NC(=O)[C@H]3CCCN3)c2)c2ccc(Cl)cc21. The fraction of sp³-hybridized carbons (Fsp3) is 0.333. The average molecular weight is 655 g/mol. The van der Waals surface area contributed by atoms with Crippen LogP contribution in [0.4, 0.5) is 11.4 Å². The molecule has 4 atom stereocenters. The zero-order chi connectivity index (χ0) is 33.0. The molecule has 1 fully saturated rings. The van der Waals surface area contributed by atoms with Gasteiger partial charge in [-0.2, -0.15) is 0 Å². The van der Waals surface area contributed by atoms with Crippen LogP contribution in [0.5, 0.6) is 0 Å². The maximum atomic E-state index is 14.0. The van der Waals surface area contributed by atoms with Gasteiger partial charge in [0, 0.05) is 34.9 Å². The van der Waals surface area contributed by atoms with Gasteiger partial charge in [0.05, 0.1) is 36.5 Å². The molecule has 0 bridgehead atoms. The molecule has 2 aliphatic heterocycles. The fourth-order valence-electron chi connectivity index (χ4n) is 6.43. The van der Waals surface area contributed by atoms with Crippen molar-refractivity contribution in [1.29, 1.82) is 0 Å². The fourth-order valence-corrected chi connectivity index (χ4v) is 6.60. The van der Waals surface area contributed by atoms with Crippen molar-refractivity contribution in [2.75, 3.05) is 23.4 Å². The predicted octanol–water partition coefficient (Wildman–Crippen LogP) is 4.76. The minimum absolute atomic E-state index is 0.0716. The van der Waals surface area contributed by atoms with E-state index in [0.717, 1.165) is 30.5 Å². The van der Waals surface area contributed by atoms with Gasteiger partial charge in [-0.25, -0.2) is 0 Å². The molecule has 0 radical (unpaired) electrons. The molecule has 0 saturated carbocycles. The number of rotatable bonds is 12. The number of benzene rings is 3. The summed E-state index contributed by atoms with van der Waals surface area (Å²) in [5.74, 6) is -1.33. The first-order valence-corrected chi connectivity index (χ1v) is 16.4. The summed E-state index contributed by atoms with van der Waals surface area (Å²) in [6.07, 6.45) is 7.97. The second kappa shape index (κ2) is 14.2. The van der Waals surface area contributed by atoms with Gasteiger partial charge in [-0.1, -0.05) is 78.4 Å². The Morgan fingerprint density at radius 1 is 1.17 bits per heavy atom. The standard InChI is InChI=1S/C36H39ClN6O4/c1-24(9-5-6-18-42-22-32(40-41-42)29(23-44)26-11-3-2-4-12-26)36(47)30-20-27(37)15-16-33(30)43(35(36)46)21-25-10-7-13-28(19-25)39-34(45)31-14-8-17-38-31/h2-5,7,9-13,15-16,19-20,22,24,29,31,38,44,47H,6,8,14,17-18,21,23H2,1H3,(H,39,45)/b9-5+/t24-,29?,31-,36+/m1/s1. The number of halogens is 1. The number of aryl methyl sites for hydroxylation is 1. The number of fused-ring (bicyclic) bond motifs is 1. The van der Waals surface area contributed by atoms with Gasteiger partial charge in [0.2, 0.25) is 5.91 Å². The van der Waals surface area contributed by atoms with Gasteiger partial charge in [-0.05, 0) is 67.3 Å². The van der Waals surface area contributed by atoms with E-state index in [4.69, 9.17) is 11.6 Å². The number of carbonyl (C=O) groups is 2. The lowest BCUT2D eigenvalue weighted by Crippen LogP contribution is -2.44. The molecule has 4 aromatic rings. The lowest BCUT2D eigenvalue weighted by molar-refractivity contribution is -0.139. The molecule has 3 heterocycles. The summed E-state index contributed by atoms with van der Waals surface area (Å²) >= 11 is 6.37. The highest BCUT2D eigenvalue weighted by atomic mass is 35.5. The number of aliphatic hydroxyl groups is 2. The molecular formula is C36H39ClN6O4. The summed E-state index contributed by atoms with van der Waals surface area (Å²) in [7, 11) is 0. The third-order valence-electron chi connectivity index (χ3n) is 9.05. The van der Waals surface area contributed by atoms with Gasteiger partial charge >= 0.3 is 0 Å². The second-order valence-corrected chi connectivity index (χ2v) is 12.7. The van der Waals surface area contributed by atoms with E-state index >= 15 is 0 Å². The Kier molecular flexibility index (Phi) is 9.84. The topological polar surface area (TPSA) is 133 Å². The molecule has 0 aliphatic carbocycles. The Morgan fingerprint density at radius 3 is 2.77 bits per heavy atom. The second-order valence-electron chi connectivity index (χ2n) is 12.2. The van der Waals surface area contributed by atoms with Crippen LogP contribution in [0.2, 0.25) is 5.02 Å². The summed E-state index contributed by atoms with van der Waals surface area (Å²) < 4.78 is 1.73. The third kappa shape index (κ3) is 6.87. The quantitative estimate of drug-likeness (QED) is 0.162. The van der Waals surface area contributed by atoms with Gasteiger partial charge in [-0.3, -0.25) is 14.3 Å². The Morgan fingerprint density at radius 2 is 2.00 bits per heavy atom. The summed E-state index contributed by atoms with van der Waals surface area (Å²) in [4.78, 5) is 28.3. The number of aliphatic hydroxyl groups excluding tert-OH is 1. The molecule has 6 rings (SSSR count). The van der Waals surface area contributed by atoms with Crippen LogP contribution in [0.15, 0.2) is 91.1 Å². The van der Waals surface area contributed by atoms with Crippen molar-refractivity contribution in [3.05, 3.63) is 119 Å². The van der Waals surface area contributed by atoms with E-state index in [1.807, 2.05) is 79.9 Å². The highest BCUT2D eigenvalue weighted by molar-refractivity contribution is 6.31. The van der Waals surface area contributed by atoms with Crippen molar-refractivity contribution in [2.24, 2.45) is 5.92 Å². The summed E-state index contributed by atoms with van der Waals surface area (Å²) in [6, 6.07) is 22.1. The molecule has 2 aliphatic rings. The highest BCUT2D eigenvalue weighted by Crippen LogP contribution is 2.46. The first kappa shape index (κ1) is 32.6. The van der Waals surface area contributed by atoms with Crippen LogP contribution in [0.3, 0.4) is 0 Å². The number of anilines is 2. The third-order valence-corrected chi connectivity index (χ3v) is 9.28. The van der Waals surface area contributed by atoms with Gasteiger partial charge in [-0.15, -0.1) is 5.10 Å². The highest BCUT2D eigenvalue weighted by Gasteiger charge is 2.52. The molecule has 1 saturated heterocycles. The monoisotopic (exact) mass is 654 g/mol. The lowest BCUT2D eigenvalue weighted by Gasteiger charge is -2.28. The van der Waals surface area contributed by atoms with E-state index in [2.05, 4.69) is 20.9 Å². The molecule has 11 heteroatoms. The zero-order valence-electron chi connectivity index (χ0n) is 26.2. The van der Waals surface area contributed by atoms with Crippen molar-refractivity contribution >= 4 is 34.8 Å². The van der Waals surface area contributed by atoms with E-state index in [-0.39, 0.29) is 31.0 Å².